The van der Waals surface area contributed by atoms with Gasteiger partial charge in [-0.15, -0.1) is 0 Å². The largest absolute Gasteiger partial charge is 0.393 e. The van der Waals surface area contributed by atoms with Gasteiger partial charge in [0.2, 0.25) is 0 Å². The fraction of sp³-hybridized carbons (Fsp3) is 0.933. The molecule has 0 aromatic rings. The maximum Gasteiger partial charge on any atom is 0.313 e. The molecule has 4 heteroatoms. The molecule has 0 aliphatic carbocycles. The van der Waals surface area contributed by atoms with Crippen LogP contribution in [-0.4, -0.2) is 11.9 Å². The zero-order valence-electron chi connectivity index (χ0n) is 23.3. The Labute approximate surface area is 226 Å². The summed E-state index contributed by atoms with van der Waals surface area (Å²) in [6.45, 7) is 4.51. The summed E-state index contributed by atoms with van der Waals surface area (Å²) in [5, 5.41) is 0. The second-order valence-corrected chi connectivity index (χ2v) is 10.1. The molecule has 0 spiro atoms. The van der Waals surface area contributed by atoms with Crippen molar-refractivity contribution in [3.05, 3.63) is 0 Å². The van der Waals surface area contributed by atoms with Crippen LogP contribution >= 0.6 is 0 Å². The van der Waals surface area contributed by atoms with E-state index < -0.39 is 0 Å². The third-order valence-corrected chi connectivity index (χ3v) is 6.70. The Morgan fingerprint density at radius 1 is 0.382 bits per heavy atom. The Bertz CT molecular complexity index is 425. The van der Waals surface area contributed by atoms with Crippen molar-refractivity contribution >= 4 is 11.9 Å². The van der Waals surface area contributed by atoms with Gasteiger partial charge in [-0.25, -0.2) is 0 Å². The first-order valence-corrected chi connectivity index (χ1v) is 14.9. The van der Waals surface area contributed by atoms with Crippen molar-refractivity contribution in [1.82, 2.24) is 0 Å². The summed E-state index contributed by atoms with van der Waals surface area (Å²) in [6, 6.07) is 0. The number of rotatable bonds is 26. The average Bonchev–Trinajstić information content (AvgIpc) is 2.80. The number of carbonyl (C=O) groups excluding carboxylic acids is 2. The number of unbranched alkanes of at least 4 members (excludes halogenated alkanes) is 22. The van der Waals surface area contributed by atoms with Crippen molar-refractivity contribution in [2.75, 3.05) is 0 Å². The molecule has 0 bridgehead atoms. The third-order valence-electron chi connectivity index (χ3n) is 6.70. The van der Waals surface area contributed by atoms with E-state index in [4.69, 9.17) is 4.74 Å². The van der Waals surface area contributed by atoms with Crippen molar-refractivity contribution < 1.29 is 33.8 Å². The molecule has 0 aromatic heterocycles. The molecule has 0 atom stereocenters. The maximum absolute atomic E-state index is 11.8. The molecule has 0 fully saturated rings. The van der Waals surface area contributed by atoms with Crippen molar-refractivity contribution in [1.29, 1.82) is 0 Å². The smallest absolute Gasteiger partial charge is 0.313 e. The molecule has 0 aliphatic rings. The summed E-state index contributed by atoms with van der Waals surface area (Å²) in [7, 11) is 0. The molecule has 198 valence electrons. The summed E-state index contributed by atoms with van der Waals surface area (Å²) in [5.41, 5.74) is 0. The van der Waals surface area contributed by atoms with Crippen LogP contribution in [0, 0.1) is 0 Å². The summed E-state index contributed by atoms with van der Waals surface area (Å²) in [6.07, 6.45) is 31.4. The minimum Gasteiger partial charge on any atom is -0.393 e. The van der Waals surface area contributed by atoms with Crippen LogP contribution in [0.3, 0.4) is 0 Å². The Balaban J connectivity index is 0. The standard InChI is InChI=1S/C30H58O3.Zn/c1-3-5-7-9-11-13-14-15-16-17-18-20-22-24-26-28-30(32)33-29(31)27-25-23-21-19-12-10-8-6-4-2;/h3-28H2,1-2H3;. The minimum absolute atomic E-state index is 0. The molecular weight excluding hydrogens is 474 g/mol. The fourth-order valence-electron chi connectivity index (χ4n) is 4.45. The summed E-state index contributed by atoms with van der Waals surface area (Å²) < 4.78 is 4.96. The molecule has 0 saturated heterocycles. The molecule has 3 nitrogen and oxygen atoms in total. The van der Waals surface area contributed by atoms with Gasteiger partial charge in [-0.2, -0.15) is 0 Å². The van der Waals surface area contributed by atoms with Gasteiger partial charge in [0.1, 0.15) is 0 Å². The Morgan fingerprint density at radius 2 is 0.588 bits per heavy atom. The molecule has 0 heterocycles. The molecule has 0 unspecified atom stereocenters. The van der Waals surface area contributed by atoms with Crippen molar-refractivity contribution in [2.24, 2.45) is 0 Å². The molecule has 0 N–H and O–H groups in total. The van der Waals surface area contributed by atoms with Crippen LogP contribution in [0.4, 0.5) is 0 Å². The third kappa shape index (κ3) is 29.8. The van der Waals surface area contributed by atoms with Crippen LogP contribution in [0.15, 0.2) is 0 Å². The van der Waals surface area contributed by atoms with Gasteiger partial charge in [0.25, 0.3) is 0 Å². The number of ether oxygens (including phenoxy) is 1. The van der Waals surface area contributed by atoms with E-state index in [2.05, 4.69) is 13.8 Å². The first kappa shape index (κ1) is 35.9. The SMILES string of the molecule is CCCCCCCCCCCCCCCCCC(=O)OC(=O)CCCCCCCCCCC.[Zn]. The van der Waals surface area contributed by atoms with E-state index in [1.807, 2.05) is 0 Å². The number of hydrogen-bond acceptors (Lipinski definition) is 3. The van der Waals surface area contributed by atoms with Gasteiger partial charge in [-0.05, 0) is 12.8 Å². The summed E-state index contributed by atoms with van der Waals surface area (Å²) in [5.74, 6) is -0.658. The fourth-order valence-corrected chi connectivity index (χ4v) is 4.45. The predicted octanol–water partition coefficient (Wildman–Crippen LogP) is 10.2. The van der Waals surface area contributed by atoms with Crippen LogP contribution in [-0.2, 0) is 33.8 Å². The van der Waals surface area contributed by atoms with E-state index >= 15 is 0 Å². The van der Waals surface area contributed by atoms with E-state index in [-0.39, 0.29) is 31.4 Å². The molecule has 0 aliphatic heterocycles. The van der Waals surface area contributed by atoms with Crippen LogP contribution in [0.2, 0.25) is 0 Å². The molecule has 0 amide bonds. The number of esters is 2. The number of carbonyl (C=O) groups is 2. The second-order valence-electron chi connectivity index (χ2n) is 10.1. The number of hydrogen-bond donors (Lipinski definition) is 0. The van der Waals surface area contributed by atoms with Crippen LogP contribution in [0.25, 0.3) is 0 Å². The molecule has 0 aromatic carbocycles. The van der Waals surface area contributed by atoms with Crippen molar-refractivity contribution in [2.45, 2.75) is 181 Å². The topological polar surface area (TPSA) is 43.4 Å². The molecule has 34 heavy (non-hydrogen) atoms. The van der Waals surface area contributed by atoms with E-state index in [9.17, 15) is 9.59 Å². The van der Waals surface area contributed by atoms with Crippen LogP contribution in [0.1, 0.15) is 181 Å². The molecular formula is C30H58O3Zn. The molecule has 0 radical (unpaired) electrons. The summed E-state index contributed by atoms with van der Waals surface area (Å²) in [4.78, 5) is 23.6. The van der Waals surface area contributed by atoms with Crippen LogP contribution < -0.4 is 0 Å². The van der Waals surface area contributed by atoms with Gasteiger partial charge in [-0.1, -0.05) is 155 Å². The molecule has 0 saturated carbocycles. The van der Waals surface area contributed by atoms with Gasteiger partial charge < -0.3 is 4.74 Å². The normalized spacial score (nSPS) is 10.8. The van der Waals surface area contributed by atoms with E-state index in [1.165, 1.54) is 128 Å². The zero-order chi connectivity index (χ0) is 24.2. The minimum atomic E-state index is -0.330. The predicted molar refractivity (Wildman–Crippen MR) is 142 cm³/mol. The van der Waals surface area contributed by atoms with Crippen molar-refractivity contribution in [3.63, 3.8) is 0 Å². The van der Waals surface area contributed by atoms with E-state index in [0.29, 0.717) is 12.8 Å². The Morgan fingerprint density at radius 3 is 0.824 bits per heavy atom. The quantitative estimate of drug-likeness (QED) is 0.0482. The average molecular weight is 532 g/mol. The second kappa shape index (κ2) is 30.8. The summed E-state index contributed by atoms with van der Waals surface area (Å²) >= 11 is 0. The van der Waals surface area contributed by atoms with Crippen molar-refractivity contribution in [3.8, 4) is 0 Å². The van der Waals surface area contributed by atoms with Gasteiger partial charge in [-0.3, -0.25) is 9.59 Å². The Kier molecular flexibility index (Phi) is 32.5. The zero-order valence-corrected chi connectivity index (χ0v) is 26.3. The molecule has 0 rings (SSSR count). The van der Waals surface area contributed by atoms with Gasteiger partial charge >= 0.3 is 11.9 Å². The van der Waals surface area contributed by atoms with Gasteiger partial charge in [0.05, 0.1) is 0 Å². The van der Waals surface area contributed by atoms with E-state index in [0.717, 1.165) is 25.7 Å². The maximum atomic E-state index is 11.8. The Hall–Kier alpha value is -0.237. The first-order valence-electron chi connectivity index (χ1n) is 14.9. The van der Waals surface area contributed by atoms with E-state index in [1.54, 1.807) is 0 Å². The van der Waals surface area contributed by atoms with Gasteiger partial charge in [0.15, 0.2) is 0 Å². The van der Waals surface area contributed by atoms with Gasteiger partial charge in [0, 0.05) is 32.3 Å². The monoisotopic (exact) mass is 530 g/mol. The van der Waals surface area contributed by atoms with Crippen LogP contribution in [0.5, 0.6) is 0 Å². The first-order chi connectivity index (χ1) is 16.2.